The third-order valence-electron chi connectivity index (χ3n) is 3.01. The Bertz CT molecular complexity index is 362. The van der Waals surface area contributed by atoms with Crippen LogP contribution in [0, 0.1) is 3.57 Å². The summed E-state index contributed by atoms with van der Waals surface area (Å²) in [4.78, 5) is 2.38. The third-order valence-corrected chi connectivity index (χ3v) is 4.14. The molecule has 1 N–H and O–H groups in total. The lowest BCUT2D eigenvalue weighted by atomic mass is 10.1. The van der Waals surface area contributed by atoms with Crippen molar-refractivity contribution in [1.82, 2.24) is 4.90 Å². The average Bonchev–Trinajstić information content (AvgIpc) is 2.25. The summed E-state index contributed by atoms with van der Waals surface area (Å²) >= 11 is 8.27. The van der Waals surface area contributed by atoms with Crippen LogP contribution >= 0.6 is 34.2 Å². The van der Waals surface area contributed by atoms with Crippen LogP contribution in [0.15, 0.2) is 18.2 Å². The maximum absolute atomic E-state index is 5.94. The van der Waals surface area contributed by atoms with Crippen molar-refractivity contribution in [3.8, 4) is 0 Å². The molecule has 1 heterocycles. The van der Waals surface area contributed by atoms with E-state index in [1.807, 2.05) is 12.1 Å². The minimum atomic E-state index is 0.603. The molecule has 1 saturated heterocycles. The molecular weight excluding hydrogens is 335 g/mol. The van der Waals surface area contributed by atoms with Crippen LogP contribution in [0.5, 0.6) is 0 Å². The minimum Gasteiger partial charge on any atom is -0.381 e. The first kappa shape index (κ1) is 12.5. The lowest BCUT2D eigenvalue weighted by molar-refractivity contribution is 0.264. The Labute approximate surface area is 115 Å². The Morgan fingerprint density at radius 1 is 1.38 bits per heavy atom. The average molecular weight is 351 g/mol. The van der Waals surface area contributed by atoms with Crippen LogP contribution in [0.2, 0.25) is 5.02 Å². The standard InChI is InChI=1S/C12H16ClIN2/c1-16-6-4-10(5-7-16)15-12-3-2-9(13)8-11(12)14/h2-3,8,10,15H,4-7H2,1H3. The number of anilines is 1. The molecule has 1 fully saturated rings. The molecule has 0 aromatic heterocycles. The van der Waals surface area contributed by atoms with Crippen LogP contribution in [-0.2, 0) is 0 Å². The first-order chi connectivity index (χ1) is 7.65. The van der Waals surface area contributed by atoms with Crippen LogP contribution in [0.1, 0.15) is 12.8 Å². The summed E-state index contributed by atoms with van der Waals surface area (Å²) in [6, 6.07) is 6.62. The van der Waals surface area contributed by atoms with Crippen LogP contribution in [0.3, 0.4) is 0 Å². The number of benzene rings is 1. The van der Waals surface area contributed by atoms with Crippen LogP contribution in [-0.4, -0.2) is 31.1 Å². The Morgan fingerprint density at radius 2 is 2.06 bits per heavy atom. The Hall–Kier alpha value is -0.000000000000000111. The van der Waals surface area contributed by atoms with Gasteiger partial charge in [-0.1, -0.05) is 11.6 Å². The lowest BCUT2D eigenvalue weighted by Gasteiger charge is -2.30. The zero-order valence-corrected chi connectivity index (χ0v) is 12.3. The zero-order chi connectivity index (χ0) is 11.5. The second-order valence-corrected chi connectivity index (χ2v) is 5.94. The van der Waals surface area contributed by atoms with E-state index in [4.69, 9.17) is 11.6 Å². The lowest BCUT2D eigenvalue weighted by Crippen LogP contribution is -2.36. The van der Waals surface area contributed by atoms with Crippen molar-refractivity contribution in [2.45, 2.75) is 18.9 Å². The predicted octanol–water partition coefficient (Wildman–Crippen LogP) is 3.45. The van der Waals surface area contributed by atoms with Crippen molar-refractivity contribution < 1.29 is 0 Å². The molecule has 0 radical (unpaired) electrons. The van der Waals surface area contributed by atoms with Crippen LogP contribution in [0.25, 0.3) is 0 Å². The number of nitrogens with zero attached hydrogens (tertiary/aromatic N) is 1. The molecule has 4 heteroatoms. The molecule has 1 aromatic carbocycles. The van der Waals surface area contributed by atoms with Gasteiger partial charge in [0.15, 0.2) is 0 Å². The summed E-state index contributed by atoms with van der Waals surface area (Å²) in [7, 11) is 2.18. The summed E-state index contributed by atoms with van der Waals surface area (Å²) in [5.74, 6) is 0. The number of halogens is 2. The van der Waals surface area contributed by atoms with E-state index in [9.17, 15) is 0 Å². The SMILES string of the molecule is CN1CCC(Nc2ccc(Cl)cc2I)CC1. The highest BCUT2D eigenvalue weighted by molar-refractivity contribution is 14.1. The van der Waals surface area contributed by atoms with Crippen LogP contribution < -0.4 is 5.32 Å². The van der Waals surface area contributed by atoms with E-state index in [1.165, 1.54) is 35.2 Å². The number of hydrogen-bond acceptors (Lipinski definition) is 2. The molecule has 2 rings (SSSR count). The molecule has 1 aliphatic rings. The van der Waals surface area contributed by atoms with Gasteiger partial charge < -0.3 is 10.2 Å². The van der Waals surface area contributed by atoms with Gasteiger partial charge in [0.25, 0.3) is 0 Å². The summed E-state index contributed by atoms with van der Waals surface area (Å²) < 4.78 is 1.20. The number of nitrogens with one attached hydrogen (secondary N) is 1. The molecule has 0 spiro atoms. The summed E-state index contributed by atoms with van der Waals surface area (Å²) in [5, 5.41) is 4.41. The van der Waals surface area contributed by atoms with Gasteiger partial charge in [0.1, 0.15) is 0 Å². The van der Waals surface area contributed by atoms with Crippen LogP contribution in [0.4, 0.5) is 5.69 Å². The summed E-state index contributed by atoms with van der Waals surface area (Å²) in [6.07, 6.45) is 2.43. The molecule has 0 bridgehead atoms. The Kier molecular flexibility index (Phi) is 4.33. The molecule has 16 heavy (non-hydrogen) atoms. The van der Waals surface area contributed by atoms with E-state index in [0.29, 0.717) is 6.04 Å². The van der Waals surface area contributed by atoms with E-state index in [-0.39, 0.29) is 0 Å². The quantitative estimate of drug-likeness (QED) is 0.822. The van der Waals surface area contributed by atoms with Crippen molar-refractivity contribution in [1.29, 1.82) is 0 Å². The molecule has 2 nitrogen and oxygen atoms in total. The van der Waals surface area contributed by atoms with Gasteiger partial charge in [0, 0.05) is 20.3 Å². The fourth-order valence-corrected chi connectivity index (χ4v) is 3.01. The van der Waals surface area contributed by atoms with Gasteiger partial charge in [-0.25, -0.2) is 0 Å². The number of hydrogen-bond donors (Lipinski definition) is 1. The third kappa shape index (κ3) is 3.25. The maximum atomic E-state index is 5.94. The number of piperidine rings is 1. The monoisotopic (exact) mass is 350 g/mol. The molecule has 1 aromatic rings. The number of rotatable bonds is 2. The van der Waals surface area contributed by atoms with Gasteiger partial charge in [-0.2, -0.15) is 0 Å². The maximum Gasteiger partial charge on any atom is 0.0479 e. The fourth-order valence-electron chi connectivity index (χ4n) is 1.98. The Morgan fingerprint density at radius 3 is 2.69 bits per heavy atom. The summed E-state index contributed by atoms with van der Waals surface area (Å²) in [6.45, 7) is 2.36. The van der Waals surface area contributed by atoms with E-state index in [2.05, 4.69) is 45.9 Å². The van der Waals surface area contributed by atoms with E-state index < -0.39 is 0 Å². The van der Waals surface area contributed by atoms with Gasteiger partial charge in [0.2, 0.25) is 0 Å². The molecule has 0 saturated carbocycles. The van der Waals surface area contributed by atoms with Gasteiger partial charge >= 0.3 is 0 Å². The van der Waals surface area contributed by atoms with Crippen molar-refractivity contribution in [2.24, 2.45) is 0 Å². The van der Waals surface area contributed by atoms with Gasteiger partial charge in [-0.15, -0.1) is 0 Å². The predicted molar refractivity (Wildman–Crippen MR) is 78.3 cm³/mol. The molecular formula is C12H16ClIN2. The number of likely N-dealkylation sites (tertiary alicyclic amines) is 1. The summed E-state index contributed by atoms with van der Waals surface area (Å²) in [5.41, 5.74) is 1.21. The Balaban J connectivity index is 1.98. The van der Waals surface area contributed by atoms with Crippen molar-refractivity contribution in [3.05, 3.63) is 26.8 Å². The van der Waals surface area contributed by atoms with Crippen molar-refractivity contribution >= 4 is 39.9 Å². The first-order valence-electron chi connectivity index (χ1n) is 5.55. The molecule has 0 aliphatic carbocycles. The second-order valence-electron chi connectivity index (χ2n) is 4.35. The van der Waals surface area contributed by atoms with Gasteiger partial charge in [-0.3, -0.25) is 0 Å². The van der Waals surface area contributed by atoms with Crippen molar-refractivity contribution in [2.75, 3.05) is 25.5 Å². The highest BCUT2D eigenvalue weighted by atomic mass is 127. The fraction of sp³-hybridized carbons (Fsp3) is 0.500. The van der Waals surface area contributed by atoms with Gasteiger partial charge in [-0.05, 0) is 73.8 Å². The normalized spacial score (nSPS) is 18.7. The van der Waals surface area contributed by atoms with E-state index in [1.54, 1.807) is 0 Å². The minimum absolute atomic E-state index is 0.603. The van der Waals surface area contributed by atoms with Crippen molar-refractivity contribution in [3.63, 3.8) is 0 Å². The first-order valence-corrected chi connectivity index (χ1v) is 7.01. The smallest absolute Gasteiger partial charge is 0.0479 e. The largest absolute Gasteiger partial charge is 0.381 e. The molecule has 0 amide bonds. The molecule has 1 aliphatic heterocycles. The highest BCUT2D eigenvalue weighted by Gasteiger charge is 2.16. The second kappa shape index (κ2) is 5.56. The van der Waals surface area contributed by atoms with E-state index >= 15 is 0 Å². The highest BCUT2D eigenvalue weighted by Crippen LogP contribution is 2.24. The molecule has 88 valence electrons. The topological polar surface area (TPSA) is 15.3 Å². The van der Waals surface area contributed by atoms with E-state index in [0.717, 1.165) is 5.02 Å². The molecule has 0 unspecified atom stereocenters. The molecule has 0 atom stereocenters. The van der Waals surface area contributed by atoms with Gasteiger partial charge in [0.05, 0.1) is 0 Å². The zero-order valence-electron chi connectivity index (χ0n) is 9.34.